The summed E-state index contributed by atoms with van der Waals surface area (Å²) in [5, 5.41) is 8.19. The van der Waals surface area contributed by atoms with E-state index in [0.29, 0.717) is 5.13 Å². The molecule has 0 spiro atoms. The SMILES string of the molecule is Cc1cc(C)cc(NC(=O)Nc2nc(-c3ccc(-c4ccccc4)cc3)cs2)c1. The van der Waals surface area contributed by atoms with Crippen LogP contribution in [0.3, 0.4) is 0 Å². The van der Waals surface area contributed by atoms with Crippen LogP contribution in [0.1, 0.15) is 11.1 Å². The molecule has 0 saturated heterocycles. The first-order valence-corrected chi connectivity index (χ1v) is 10.2. The van der Waals surface area contributed by atoms with Gasteiger partial charge in [-0.15, -0.1) is 11.3 Å². The van der Waals surface area contributed by atoms with Gasteiger partial charge in [-0.1, -0.05) is 60.7 Å². The molecule has 4 rings (SSSR count). The molecular weight excluding hydrogens is 378 g/mol. The highest BCUT2D eigenvalue weighted by Crippen LogP contribution is 2.27. The minimum atomic E-state index is -0.296. The highest BCUT2D eigenvalue weighted by Gasteiger charge is 2.09. The average molecular weight is 400 g/mol. The molecule has 5 heteroatoms. The summed E-state index contributed by atoms with van der Waals surface area (Å²) in [6.45, 7) is 4.01. The number of hydrogen-bond donors (Lipinski definition) is 2. The standard InChI is InChI=1S/C24H21N3OS/c1-16-12-17(2)14-21(13-16)25-23(28)27-24-26-22(15-29-24)20-10-8-19(9-11-20)18-6-4-3-5-7-18/h3-15H,1-2H3,(H2,25,26,27,28). The topological polar surface area (TPSA) is 54.0 Å². The van der Waals surface area contributed by atoms with E-state index in [4.69, 9.17) is 0 Å². The van der Waals surface area contributed by atoms with Gasteiger partial charge in [-0.2, -0.15) is 0 Å². The van der Waals surface area contributed by atoms with E-state index in [0.717, 1.165) is 33.6 Å². The van der Waals surface area contributed by atoms with E-state index in [2.05, 4.69) is 58.1 Å². The molecule has 144 valence electrons. The molecule has 0 saturated carbocycles. The van der Waals surface area contributed by atoms with Crippen LogP contribution < -0.4 is 10.6 Å². The quantitative estimate of drug-likeness (QED) is 0.399. The first-order valence-electron chi connectivity index (χ1n) is 9.34. The van der Waals surface area contributed by atoms with Crippen molar-refractivity contribution in [3.8, 4) is 22.4 Å². The van der Waals surface area contributed by atoms with Crippen LogP contribution in [-0.4, -0.2) is 11.0 Å². The fraction of sp³-hybridized carbons (Fsp3) is 0.0833. The zero-order valence-corrected chi connectivity index (χ0v) is 17.1. The van der Waals surface area contributed by atoms with Crippen LogP contribution in [0.5, 0.6) is 0 Å². The molecule has 0 fully saturated rings. The second-order valence-corrected chi connectivity index (χ2v) is 7.79. The molecule has 3 aromatic carbocycles. The van der Waals surface area contributed by atoms with Crippen LogP contribution in [0.15, 0.2) is 78.2 Å². The smallest absolute Gasteiger partial charge is 0.308 e. The second-order valence-electron chi connectivity index (χ2n) is 6.94. The molecule has 4 aromatic rings. The van der Waals surface area contributed by atoms with Gasteiger partial charge in [0.25, 0.3) is 0 Å². The largest absolute Gasteiger partial charge is 0.325 e. The summed E-state index contributed by atoms with van der Waals surface area (Å²) in [5.41, 5.74) is 7.19. The van der Waals surface area contributed by atoms with E-state index in [9.17, 15) is 4.79 Å². The third-order valence-corrected chi connectivity index (χ3v) is 5.25. The van der Waals surface area contributed by atoms with Crippen LogP contribution in [0, 0.1) is 13.8 Å². The Hall–Kier alpha value is -3.44. The number of nitrogens with one attached hydrogen (secondary N) is 2. The molecule has 0 aliphatic heterocycles. The Morgan fingerprint density at radius 2 is 1.41 bits per heavy atom. The number of aryl methyl sites for hydroxylation is 2. The van der Waals surface area contributed by atoms with Crippen LogP contribution in [0.25, 0.3) is 22.4 Å². The Balaban J connectivity index is 1.43. The van der Waals surface area contributed by atoms with Crippen LogP contribution in [0.2, 0.25) is 0 Å². The predicted molar refractivity (Wildman–Crippen MR) is 122 cm³/mol. The van der Waals surface area contributed by atoms with Crippen molar-refractivity contribution in [2.24, 2.45) is 0 Å². The number of urea groups is 1. The molecule has 4 nitrogen and oxygen atoms in total. The van der Waals surface area contributed by atoms with Crippen molar-refractivity contribution in [1.29, 1.82) is 0 Å². The molecule has 2 amide bonds. The molecule has 1 heterocycles. The molecule has 1 aromatic heterocycles. The number of aromatic nitrogens is 1. The van der Waals surface area contributed by atoms with Gasteiger partial charge in [0.05, 0.1) is 5.69 Å². The Bertz CT molecular complexity index is 1110. The number of carbonyl (C=O) groups excluding carboxylic acids is 1. The number of amides is 2. The summed E-state index contributed by atoms with van der Waals surface area (Å²) in [6, 6.07) is 24.2. The number of nitrogens with zero attached hydrogens (tertiary/aromatic N) is 1. The molecule has 0 aliphatic rings. The molecule has 0 unspecified atom stereocenters. The van der Waals surface area contributed by atoms with Crippen LogP contribution in [-0.2, 0) is 0 Å². The van der Waals surface area contributed by atoms with Gasteiger partial charge in [-0.3, -0.25) is 5.32 Å². The first-order chi connectivity index (χ1) is 14.1. The maximum absolute atomic E-state index is 12.3. The van der Waals surface area contributed by atoms with E-state index < -0.39 is 0 Å². The van der Waals surface area contributed by atoms with Crippen LogP contribution >= 0.6 is 11.3 Å². The van der Waals surface area contributed by atoms with Crippen molar-refractivity contribution in [2.45, 2.75) is 13.8 Å². The molecule has 0 aliphatic carbocycles. The fourth-order valence-corrected chi connectivity index (χ4v) is 3.95. The van der Waals surface area contributed by atoms with Crippen molar-refractivity contribution in [2.75, 3.05) is 10.6 Å². The van der Waals surface area contributed by atoms with Gasteiger partial charge in [-0.05, 0) is 48.2 Å². The summed E-state index contributed by atoms with van der Waals surface area (Å²) in [4.78, 5) is 16.8. The van der Waals surface area contributed by atoms with Crippen molar-refractivity contribution in [1.82, 2.24) is 4.98 Å². The van der Waals surface area contributed by atoms with Gasteiger partial charge in [0.1, 0.15) is 0 Å². The van der Waals surface area contributed by atoms with E-state index in [1.54, 1.807) is 0 Å². The number of hydrogen-bond acceptors (Lipinski definition) is 3. The number of rotatable bonds is 4. The van der Waals surface area contributed by atoms with Crippen molar-refractivity contribution in [3.63, 3.8) is 0 Å². The summed E-state index contributed by atoms with van der Waals surface area (Å²) in [7, 11) is 0. The van der Waals surface area contributed by atoms with Crippen LogP contribution in [0.4, 0.5) is 15.6 Å². The summed E-state index contributed by atoms with van der Waals surface area (Å²) in [5.74, 6) is 0. The predicted octanol–water partition coefficient (Wildman–Crippen LogP) is 6.74. The van der Waals surface area contributed by atoms with E-state index in [1.807, 2.05) is 49.6 Å². The van der Waals surface area contributed by atoms with Gasteiger partial charge < -0.3 is 5.32 Å². The average Bonchev–Trinajstić information content (AvgIpc) is 3.16. The van der Waals surface area contributed by atoms with Gasteiger partial charge >= 0.3 is 6.03 Å². The fourth-order valence-electron chi connectivity index (χ4n) is 3.23. The number of anilines is 2. The minimum Gasteiger partial charge on any atom is -0.308 e. The number of carbonyl (C=O) groups is 1. The molecule has 0 bridgehead atoms. The van der Waals surface area contributed by atoms with Crippen molar-refractivity contribution >= 4 is 28.2 Å². The zero-order valence-electron chi connectivity index (χ0n) is 16.3. The minimum absolute atomic E-state index is 0.296. The Kier molecular flexibility index (Phi) is 5.40. The Labute approximate surface area is 174 Å². The lowest BCUT2D eigenvalue weighted by atomic mass is 10.0. The Morgan fingerprint density at radius 1 is 0.793 bits per heavy atom. The van der Waals surface area contributed by atoms with Gasteiger partial charge in [0, 0.05) is 16.6 Å². The maximum atomic E-state index is 12.3. The first kappa shape index (κ1) is 18.9. The van der Waals surface area contributed by atoms with E-state index >= 15 is 0 Å². The summed E-state index contributed by atoms with van der Waals surface area (Å²) < 4.78 is 0. The van der Waals surface area contributed by atoms with E-state index in [1.165, 1.54) is 16.9 Å². The maximum Gasteiger partial charge on any atom is 0.325 e. The number of thiazole rings is 1. The molecule has 2 N–H and O–H groups in total. The zero-order chi connectivity index (χ0) is 20.2. The molecular formula is C24H21N3OS. The normalized spacial score (nSPS) is 10.6. The third kappa shape index (κ3) is 4.70. The third-order valence-electron chi connectivity index (χ3n) is 4.49. The lowest BCUT2D eigenvalue weighted by Gasteiger charge is -2.07. The van der Waals surface area contributed by atoms with Gasteiger partial charge in [-0.25, -0.2) is 9.78 Å². The molecule has 0 atom stereocenters. The monoisotopic (exact) mass is 399 g/mol. The van der Waals surface area contributed by atoms with Gasteiger partial charge in [0.2, 0.25) is 0 Å². The second kappa shape index (κ2) is 8.29. The molecule has 29 heavy (non-hydrogen) atoms. The van der Waals surface area contributed by atoms with Crippen molar-refractivity contribution < 1.29 is 4.79 Å². The van der Waals surface area contributed by atoms with Crippen molar-refractivity contribution in [3.05, 3.63) is 89.3 Å². The lowest BCUT2D eigenvalue weighted by Crippen LogP contribution is -2.19. The molecule has 0 radical (unpaired) electrons. The van der Waals surface area contributed by atoms with E-state index in [-0.39, 0.29) is 6.03 Å². The summed E-state index contributed by atoms with van der Waals surface area (Å²) >= 11 is 1.41. The summed E-state index contributed by atoms with van der Waals surface area (Å²) in [6.07, 6.45) is 0. The Morgan fingerprint density at radius 3 is 2.10 bits per heavy atom. The highest BCUT2D eigenvalue weighted by atomic mass is 32.1. The number of benzene rings is 3. The lowest BCUT2D eigenvalue weighted by molar-refractivity contribution is 0.262. The highest BCUT2D eigenvalue weighted by molar-refractivity contribution is 7.14. The van der Waals surface area contributed by atoms with Gasteiger partial charge in [0.15, 0.2) is 5.13 Å².